The fourth-order valence-corrected chi connectivity index (χ4v) is 4.02. The number of nitrogens with one attached hydrogen (secondary N) is 1. The molecule has 0 bridgehead atoms. The Hall–Kier alpha value is -3.61. The second kappa shape index (κ2) is 7.67. The molecular weight excluding hydrogens is 380 g/mol. The molecule has 7 nitrogen and oxygen atoms in total. The number of aromatic amines is 1. The van der Waals surface area contributed by atoms with E-state index < -0.39 is 0 Å². The smallest absolute Gasteiger partial charge is 0.258 e. The topological polar surface area (TPSA) is 84.2 Å². The van der Waals surface area contributed by atoms with E-state index in [1.54, 1.807) is 0 Å². The number of ether oxygens (including phenoxy) is 1. The maximum absolute atomic E-state index is 12.6. The van der Waals surface area contributed by atoms with Gasteiger partial charge in [-0.1, -0.05) is 29.4 Å². The number of carbonyl (C=O) groups excluding carboxylic acids is 1. The first kappa shape index (κ1) is 18.4. The SMILES string of the molecule is CCOc1ccccc1CN1CC(c2noc(-c3cccc4[nH]ccc34)n2)CC1=O. The minimum atomic E-state index is -0.0836. The van der Waals surface area contributed by atoms with Crippen LogP contribution in [0.15, 0.2) is 59.3 Å². The number of nitrogens with zero attached hydrogens (tertiary/aromatic N) is 3. The second-order valence-corrected chi connectivity index (χ2v) is 7.42. The van der Waals surface area contributed by atoms with Crippen LogP contribution >= 0.6 is 0 Å². The molecule has 3 heterocycles. The lowest BCUT2D eigenvalue weighted by Crippen LogP contribution is -2.24. The minimum Gasteiger partial charge on any atom is -0.494 e. The number of carbonyl (C=O) groups is 1. The van der Waals surface area contributed by atoms with E-state index in [1.807, 2.05) is 66.6 Å². The Balaban J connectivity index is 1.35. The van der Waals surface area contributed by atoms with Gasteiger partial charge in [0.25, 0.3) is 5.89 Å². The van der Waals surface area contributed by atoms with Crippen LogP contribution in [0.25, 0.3) is 22.4 Å². The lowest BCUT2D eigenvalue weighted by molar-refractivity contribution is -0.128. The Morgan fingerprint density at radius 3 is 3.00 bits per heavy atom. The van der Waals surface area contributed by atoms with Gasteiger partial charge in [-0.25, -0.2) is 0 Å². The molecule has 30 heavy (non-hydrogen) atoms. The van der Waals surface area contributed by atoms with Crippen LogP contribution in [-0.4, -0.2) is 39.1 Å². The van der Waals surface area contributed by atoms with Crippen molar-refractivity contribution < 1.29 is 14.1 Å². The molecule has 1 atom stereocenters. The summed E-state index contributed by atoms with van der Waals surface area (Å²) in [5.74, 6) is 1.87. The Kier molecular flexibility index (Phi) is 4.71. The maximum atomic E-state index is 12.6. The van der Waals surface area contributed by atoms with Gasteiger partial charge < -0.3 is 19.1 Å². The van der Waals surface area contributed by atoms with Crippen molar-refractivity contribution in [2.75, 3.05) is 13.2 Å². The maximum Gasteiger partial charge on any atom is 0.258 e. The first-order chi connectivity index (χ1) is 14.7. The number of para-hydroxylation sites is 1. The zero-order chi connectivity index (χ0) is 20.5. The van der Waals surface area contributed by atoms with Crippen molar-refractivity contribution in [3.8, 4) is 17.2 Å². The van der Waals surface area contributed by atoms with Crippen molar-refractivity contribution >= 4 is 16.8 Å². The van der Waals surface area contributed by atoms with Crippen LogP contribution in [0.5, 0.6) is 5.75 Å². The fraction of sp³-hybridized carbons (Fsp3) is 0.261. The third kappa shape index (κ3) is 3.32. The number of fused-ring (bicyclic) bond motifs is 1. The molecule has 0 aliphatic carbocycles. The Bertz CT molecular complexity index is 1200. The summed E-state index contributed by atoms with van der Waals surface area (Å²) in [6, 6.07) is 15.7. The summed E-state index contributed by atoms with van der Waals surface area (Å²) in [7, 11) is 0. The highest BCUT2D eigenvalue weighted by molar-refractivity contribution is 5.92. The van der Waals surface area contributed by atoms with Gasteiger partial charge in [-0.3, -0.25) is 4.79 Å². The number of hydrogen-bond acceptors (Lipinski definition) is 5. The van der Waals surface area contributed by atoms with E-state index in [4.69, 9.17) is 9.26 Å². The van der Waals surface area contributed by atoms with Crippen molar-refractivity contribution in [2.45, 2.75) is 25.8 Å². The number of hydrogen-bond donors (Lipinski definition) is 1. The molecular formula is C23H22N4O3. The molecule has 2 aromatic heterocycles. The van der Waals surface area contributed by atoms with Crippen LogP contribution in [0.1, 0.15) is 30.7 Å². The lowest BCUT2D eigenvalue weighted by Gasteiger charge is -2.18. The first-order valence-electron chi connectivity index (χ1n) is 10.1. The van der Waals surface area contributed by atoms with Crippen molar-refractivity contribution in [1.82, 2.24) is 20.0 Å². The Morgan fingerprint density at radius 1 is 1.20 bits per heavy atom. The van der Waals surface area contributed by atoms with Gasteiger partial charge >= 0.3 is 0 Å². The van der Waals surface area contributed by atoms with Gasteiger partial charge in [0.2, 0.25) is 5.91 Å². The first-order valence-corrected chi connectivity index (χ1v) is 10.1. The van der Waals surface area contributed by atoms with Crippen molar-refractivity contribution in [1.29, 1.82) is 0 Å². The van der Waals surface area contributed by atoms with Crippen LogP contribution in [-0.2, 0) is 11.3 Å². The van der Waals surface area contributed by atoms with Gasteiger partial charge in [0.15, 0.2) is 5.82 Å². The third-order valence-electron chi connectivity index (χ3n) is 5.48. The zero-order valence-electron chi connectivity index (χ0n) is 16.7. The molecule has 1 fully saturated rings. The van der Waals surface area contributed by atoms with Crippen molar-refractivity contribution in [2.24, 2.45) is 0 Å². The van der Waals surface area contributed by atoms with E-state index in [2.05, 4.69) is 15.1 Å². The number of aromatic nitrogens is 3. The van der Waals surface area contributed by atoms with Crippen LogP contribution in [0.2, 0.25) is 0 Å². The zero-order valence-corrected chi connectivity index (χ0v) is 16.7. The fourth-order valence-electron chi connectivity index (χ4n) is 4.02. The standard InChI is InChI=1S/C23H22N4O3/c1-2-29-20-9-4-3-6-15(20)13-27-14-16(12-21(27)28)22-25-23(30-26-22)18-7-5-8-19-17(18)10-11-24-19/h3-11,16,24H,2,12-14H2,1H3. The molecule has 1 aliphatic heterocycles. The molecule has 0 saturated carbocycles. The average molecular weight is 402 g/mol. The Morgan fingerprint density at radius 2 is 2.10 bits per heavy atom. The third-order valence-corrected chi connectivity index (χ3v) is 5.48. The molecule has 1 aliphatic rings. The predicted molar refractivity (Wildman–Crippen MR) is 112 cm³/mol. The average Bonchev–Trinajstić information content (AvgIpc) is 3.49. The highest BCUT2D eigenvalue weighted by atomic mass is 16.5. The van der Waals surface area contributed by atoms with Gasteiger partial charge in [0, 0.05) is 53.7 Å². The Labute approximate surface area is 173 Å². The molecule has 5 rings (SSSR count). The summed E-state index contributed by atoms with van der Waals surface area (Å²) in [5.41, 5.74) is 2.91. The highest BCUT2D eigenvalue weighted by Crippen LogP contribution is 2.32. The highest BCUT2D eigenvalue weighted by Gasteiger charge is 2.34. The summed E-state index contributed by atoms with van der Waals surface area (Å²) in [6.07, 6.45) is 2.27. The molecule has 1 amide bonds. The summed E-state index contributed by atoms with van der Waals surface area (Å²) in [4.78, 5) is 22.3. The van der Waals surface area contributed by atoms with Gasteiger partial charge in [0.1, 0.15) is 5.75 Å². The minimum absolute atomic E-state index is 0.0836. The van der Waals surface area contributed by atoms with Gasteiger partial charge in [-0.05, 0) is 31.2 Å². The molecule has 2 aromatic carbocycles. The molecule has 1 saturated heterocycles. The molecule has 0 radical (unpaired) electrons. The van der Waals surface area contributed by atoms with E-state index in [0.29, 0.717) is 37.8 Å². The molecule has 152 valence electrons. The van der Waals surface area contributed by atoms with Crippen LogP contribution in [0, 0.1) is 0 Å². The van der Waals surface area contributed by atoms with E-state index >= 15 is 0 Å². The van der Waals surface area contributed by atoms with Crippen molar-refractivity contribution in [3.63, 3.8) is 0 Å². The van der Waals surface area contributed by atoms with E-state index in [1.165, 1.54) is 0 Å². The number of likely N-dealkylation sites (tertiary alicyclic amines) is 1. The summed E-state index contributed by atoms with van der Waals surface area (Å²) < 4.78 is 11.3. The molecule has 1 N–H and O–H groups in total. The molecule has 1 unspecified atom stereocenters. The summed E-state index contributed by atoms with van der Waals surface area (Å²) in [5, 5.41) is 5.22. The van der Waals surface area contributed by atoms with E-state index in [-0.39, 0.29) is 11.8 Å². The summed E-state index contributed by atoms with van der Waals surface area (Å²) in [6.45, 7) is 3.62. The van der Waals surface area contributed by atoms with Gasteiger partial charge in [-0.2, -0.15) is 4.98 Å². The largest absolute Gasteiger partial charge is 0.494 e. The van der Waals surface area contributed by atoms with Crippen LogP contribution in [0.4, 0.5) is 0 Å². The lowest BCUT2D eigenvalue weighted by atomic mass is 10.1. The van der Waals surface area contributed by atoms with Gasteiger partial charge in [-0.15, -0.1) is 0 Å². The number of rotatable bonds is 6. The quantitative estimate of drug-likeness (QED) is 0.524. The normalized spacial score (nSPS) is 16.5. The van der Waals surface area contributed by atoms with Crippen molar-refractivity contribution in [3.05, 3.63) is 66.1 Å². The number of benzene rings is 2. The van der Waals surface area contributed by atoms with Crippen LogP contribution < -0.4 is 4.74 Å². The van der Waals surface area contributed by atoms with E-state index in [0.717, 1.165) is 27.8 Å². The van der Waals surface area contributed by atoms with E-state index in [9.17, 15) is 4.79 Å². The summed E-state index contributed by atoms with van der Waals surface area (Å²) >= 11 is 0. The van der Waals surface area contributed by atoms with Gasteiger partial charge in [0.05, 0.1) is 6.61 Å². The van der Waals surface area contributed by atoms with Crippen LogP contribution in [0.3, 0.4) is 0 Å². The number of H-pyrrole nitrogens is 1. The number of amides is 1. The second-order valence-electron chi connectivity index (χ2n) is 7.42. The predicted octanol–water partition coefficient (Wildman–Crippen LogP) is 4.13. The molecule has 7 heteroatoms. The molecule has 4 aromatic rings. The molecule has 0 spiro atoms. The monoisotopic (exact) mass is 402 g/mol.